The van der Waals surface area contributed by atoms with Crippen molar-refractivity contribution in [3.8, 4) is 11.1 Å². The largest absolute Gasteiger partial charge is 0.337 e. The number of aromatic nitrogens is 1. The number of ketones is 1. The van der Waals surface area contributed by atoms with Crippen molar-refractivity contribution in [3.05, 3.63) is 90.3 Å². The first-order valence-electron chi connectivity index (χ1n) is 12.1. The van der Waals surface area contributed by atoms with Gasteiger partial charge in [-0.05, 0) is 66.3 Å². The molecule has 0 N–H and O–H groups in total. The monoisotopic (exact) mass is 438 g/mol. The number of carbonyl (C=O) groups excluding carboxylic acids is 2. The minimum absolute atomic E-state index is 0.00632. The number of likely N-dealkylation sites (tertiary alicyclic amines) is 1. The van der Waals surface area contributed by atoms with Gasteiger partial charge in [-0.2, -0.15) is 0 Å². The van der Waals surface area contributed by atoms with Crippen LogP contribution in [0.3, 0.4) is 0 Å². The summed E-state index contributed by atoms with van der Waals surface area (Å²) in [6.07, 6.45) is 6.30. The van der Waals surface area contributed by atoms with E-state index in [0.29, 0.717) is 29.7 Å². The molecule has 1 aromatic heterocycles. The Bertz CT molecular complexity index is 1110. The quantitative estimate of drug-likeness (QED) is 0.521. The van der Waals surface area contributed by atoms with Crippen LogP contribution in [0.5, 0.6) is 0 Å². The molecule has 2 aliphatic rings. The predicted octanol–water partition coefficient (Wildman–Crippen LogP) is 5.75. The topological polar surface area (TPSA) is 50.3 Å². The highest BCUT2D eigenvalue weighted by atomic mass is 16.2. The van der Waals surface area contributed by atoms with Crippen LogP contribution in [-0.4, -0.2) is 34.7 Å². The van der Waals surface area contributed by atoms with Gasteiger partial charge in [0.05, 0.1) is 0 Å². The summed E-state index contributed by atoms with van der Waals surface area (Å²) in [5.41, 5.74) is 4.01. The van der Waals surface area contributed by atoms with E-state index in [4.69, 9.17) is 0 Å². The van der Waals surface area contributed by atoms with E-state index in [2.05, 4.69) is 41.4 Å². The van der Waals surface area contributed by atoms with E-state index in [1.165, 1.54) is 11.1 Å². The summed E-state index contributed by atoms with van der Waals surface area (Å²) < 4.78 is 0. The van der Waals surface area contributed by atoms with Gasteiger partial charge in [0.25, 0.3) is 5.91 Å². The molecule has 0 radical (unpaired) electrons. The van der Waals surface area contributed by atoms with Gasteiger partial charge in [0.1, 0.15) is 11.5 Å². The van der Waals surface area contributed by atoms with Gasteiger partial charge < -0.3 is 4.90 Å². The number of hydrogen-bond donors (Lipinski definition) is 0. The van der Waals surface area contributed by atoms with Gasteiger partial charge in [0, 0.05) is 31.6 Å². The van der Waals surface area contributed by atoms with E-state index >= 15 is 0 Å². The molecule has 0 bridgehead atoms. The molecular formula is C29H30N2O2. The summed E-state index contributed by atoms with van der Waals surface area (Å²) in [5.74, 6) is 1.30. The van der Waals surface area contributed by atoms with Crippen molar-refractivity contribution >= 4 is 11.7 Å². The predicted molar refractivity (Wildman–Crippen MR) is 130 cm³/mol. The maximum Gasteiger partial charge on any atom is 0.272 e. The Labute approximate surface area is 195 Å². The van der Waals surface area contributed by atoms with Crippen LogP contribution >= 0.6 is 0 Å². The number of Topliss-reactive ketones (excluding diaryl/α,β-unsaturated/α-hetero) is 1. The van der Waals surface area contributed by atoms with Gasteiger partial charge >= 0.3 is 0 Å². The summed E-state index contributed by atoms with van der Waals surface area (Å²) in [7, 11) is 0. The third-order valence-electron chi connectivity index (χ3n) is 7.40. The first-order chi connectivity index (χ1) is 16.2. The molecule has 1 saturated heterocycles. The second-order valence-electron chi connectivity index (χ2n) is 9.41. The van der Waals surface area contributed by atoms with E-state index in [1.807, 2.05) is 35.2 Å². The van der Waals surface area contributed by atoms with Gasteiger partial charge in [0.15, 0.2) is 0 Å². The minimum atomic E-state index is -0.00632. The fourth-order valence-electron chi connectivity index (χ4n) is 5.61. The second kappa shape index (κ2) is 9.70. The SMILES string of the molecule is O=C1CC(C2CCCN(C(=O)c3ccccn3)CC2)CC1c1cccc(-c2ccccc2)c1. The van der Waals surface area contributed by atoms with Crippen LogP contribution in [0.25, 0.3) is 11.1 Å². The molecule has 3 unspecified atom stereocenters. The zero-order valence-electron chi connectivity index (χ0n) is 18.9. The molecule has 2 aromatic carbocycles. The standard InChI is InChI=1S/C29H30N2O2/c32-28-20-25(19-26(28)24-11-6-10-23(18-24)21-8-2-1-3-9-21)22-12-7-16-31(17-14-22)29(33)27-13-4-5-15-30-27/h1-6,8-11,13,15,18,22,25-26H,7,12,14,16-17,19-20H2. The molecule has 33 heavy (non-hydrogen) atoms. The zero-order valence-corrected chi connectivity index (χ0v) is 18.9. The molecule has 2 fully saturated rings. The van der Waals surface area contributed by atoms with Crippen LogP contribution in [0.15, 0.2) is 79.0 Å². The smallest absolute Gasteiger partial charge is 0.272 e. The van der Waals surface area contributed by atoms with E-state index in [1.54, 1.807) is 12.3 Å². The van der Waals surface area contributed by atoms with Gasteiger partial charge in [-0.1, -0.05) is 60.7 Å². The maximum absolute atomic E-state index is 13.0. The van der Waals surface area contributed by atoms with E-state index in [-0.39, 0.29) is 11.8 Å². The Morgan fingerprint density at radius 1 is 0.848 bits per heavy atom. The molecule has 1 amide bonds. The van der Waals surface area contributed by atoms with Crippen LogP contribution in [0.2, 0.25) is 0 Å². The summed E-state index contributed by atoms with van der Waals surface area (Å²) >= 11 is 0. The highest BCUT2D eigenvalue weighted by Crippen LogP contribution is 2.43. The van der Waals surface area contributed by atoms with Crippen molar-refractivity contribution < 1.29 is 9.59 Å². The third-order valence-corrected chi connectivity index (χ3v) is 7.40. The maximum atomic E-state index is 13.0. The van der Waals surface area contributed by atoms with Crippen molar-refractivity contribution in [2.75, 3.05) is 13.1 Å². The molecule has 4 heteroatoms. The van der Waals surface area contributed by atoms with Crippen molar-refractivity contribution in [2.45, 2.75) is 38.0 Å². The first-order valence-corrected chi connectivity index (χ1v) is 12.1. The molecule has 5 rings (SSSR count). The second-order valence-corrected chi connectivity index (χ2v) is 9.41. The van der Waals surface area contributed by atoms with Crippen LogP contribution in [0, 0.1) is 11.8 Å². The average Bonchev–Trinajstić information content (AvgIpc) is 3.10. The summed E-state index contributed by atoms with van der Waals surface area (Å²) in [6.45, 7) is 1.52. The summed E-state index contributed by atoms with van der Waals surface area (Å²) in [6, 6.07) is 24.3. The molecule has 4 nitrogen and oxygen atoms in total. The molecule has 3 atom stereocenters. The van der Waals surface area contributed by atoms with Crippen LogP contribution in [0.4, 0.5) is 0 Å². The molecule has 168 valence electrons. The van der Waals surface area contributed by atoms with E-state index < -0.39 is 0 Å². The molecule has 0 spiro atoms. The molecule has 1 aliphatic carbocycles. The number of nitrogens with zero attached hydrogens (tertiary/aromatic N) is 2. The third kappa shape index (κ3) is 4.75. The van der Waals surface area contributed by atoms with Crippen LogP contribution in [0.1, 0.15) is 54.1 Å². The number of benzene rings is 2. The van der Waals surface area contributed by atoms with Gasteiger partial charge in [-0.3, -0.25) is 14.6 Å². The van der Waals surface area contributed by atoms with Gasteiger partial charge in [-0.25, -0.2) is 0 Å². The highest BCUT2D eigenvalue weighted by molar-refractivity contribution is 5.92. The fourth-order valence-corrected chi connectivity index (χ4v) is 5.61. The van der Waals surface area contributed by atoms with Crippen molar-refractivity contribution in [1.29, 1.82) is 0 Å². The Balaban J connectivity index is 1.25. The van der Waals surface area contributed by atoms with Gasteiger partial charge in [-0.15, -0.1) is 0 Å². The number of amides is 1. The molecule has 1 aliphatic heterocycles. The van der Waals surface area contributed by atoms with Crippen molar-refractivity contribution in [1.82, 2.24) is 9.88 Å². The number of hydrogen-bond acceptors (Lipinski definition) is 3. The van der Waals surface area contributed by atoms with Crippen LogP contribution < -0.4 is 0 Å². The highest BCUT2D eigenvalue weighted by Gasteiger charge is 2.38. The first kappa shape index (κ1) is 21.6. The van der Waals surface area contributed by atoms with E-state index in [0.717, 1.165) is 44.3 Å². The number of carbonyl (C=O) groups is 2. The van der Waals surface area contributed by atoms with Gasteiger partial charge in [0.2, 0.25) is 0 Å². The van der Waals surface area contributed by atoms with Crippen molar-refractivity contribution in [3.63, 3.8) is 0 Å². The Morgan fingerprint density at radius 2 is 1.67 bits per heavy atom. The lowest BCUT2D eigenvalue weighted by Crippen LogP contribution is -2.32. The Morgan fingerprint density at radius 3 is 2.48 bits per heavy atom. The molecule has 1 saturated carbocycles. The molecule has 2 heterocycles. The Hall–Kier alpha value is -3.27. The lowest BCUT2D eigenvalue weighted by atomic mass is 9.84. The zero-order chi connectivity index (χ0) is 22.6. The minimum Gasteiger partial charge on any atom is -0.337 e. The molecular weight excluding hydrogens is 408 g/mol. The van der Waals surface area contributed by atoms with Crippen LogP contribution in [-0.2, 0) is 4.79 Å². The number of rotatable bonds is 4. The fraction of sp³-hybridized carbons (Fsp3) is 0.345. The van der Waals surface area contributed by atoms with Crippen molar-refractivity contribution in [2.24, 2.45) is 11.8 Å². The summed E-state index contributed by atoms with van der Waals surface area (Å²) in [4.78, 5) is 32.0. The lowest BCUT2D eigenvalue weighted by Gasteiger charge is -2.23. The molecule has 3 aromatic rings. The normalized spacial score (nSPS) is 23.3. The Kier molecular flexibility index (Phi) is 6.34. The van der Waals surface area contributed by atoms with E-state index in [9.17, 15) is 9.59 Å². The summed E-state index contributed by atoms with van der Waals surface area (Å²) in [5, 5.41) is 0. The lowest BCUT2D eigenvalue weighted by molar-refractivity contribution is -0.118. The average molecular weight is 439 g/mol. The number of pyridine rings is 1.